The van der Waals surface area contributed by atoms with Crippen molar-refractivity contribution in [1.82, 2.24) is 4.90 Å². The molecule has 5 N–H and O–H groups in total. The van der Waals surface area contributed by atoms with Crippen LogP contribution in [-0.2, 0) is 4.79 Å². The Bertz CT molecular complexity index is 845. The second-order valence-electron chi connectivity index (χ2n) is 8.28. The van der Waals surface area contributed by atoms with Crippen LogP contribution >= 0.6 is 0 Å². The molecule has 0 bridgehead atoms. The van der Waals surface area contributed by atoms with Gasteiger partial charge in [0.25, 0.3) is 0 Å². The van der Waals surface area contributed by atoms with Crippen molar-refractivity contribution in [3.63, 3.8) is 0 Å². The fourth-order valence-corrected chi connectivity index (χ4v) is 4.27. The van der Waals surface area contributed by atoms with Crippen LogP contribution in [0.3, 0.4) is 0 Å². The van der Waals surface area contributed by atoms with Crippen LogP contribution in [0, 0.1) is 0 Å². The maximum absolute atomic E-state index is 11.9. The summed E-state index contributed by atoms with van der Waals surface area (Å²) in [6.45, 7) is 1.72. The molecule has 0 radical (unpaired) electrons. The van der Waals surface area contributed by atoms with E-state index in [4.69, 9.17) is 15.6 Å². The van der Waals surface area contributed by atoms with E-state index in [1.807, 2.05) is 12.1 Å². The predicted molar refractivity (Wildman–Crippen MR) is 117 cm³/mol. The van der Waals surface area contributed by atoms with E-state index in [1.54, 1.807) is 0 Å². The van der Waals surface area contributed by atoms with Gasteiger partial charge in [-0.2, -0.15) is 13.2 Å². The number of rotatable bonds is 6. The summed E-state index contributed by atoms with van der Waals surface area (Å²) in [6.07, 6.45) is 3.61. The van der Waals surface area contributed by atoms with E-state index in [2.05, 4.69) is 17.0 Å². The first-order valence-corrected chi connectivity index (χ1v) is 11.0. The van der Waals surface area contributed by atoms with Gasteiger partial charge in [-0.25, -0.2) is 4.79 Å². The Morgan fingerprint density at radius 3 is 2.18 bits per heavy atom. The minimum Gasteiger partial charge on any atom is -0.475 e. The van der Waals surface area contributed by atoms with Gasteiger partial charge in [0.2, 0.25) is 5.91 Å². The van der Waals surface area contributed by atoms with Crippen molar-refractivity contribution in [2.45, 2.75) is 56.7 Å². The first-order chi connectivity index (χ1) is 15.6. The minimum absolute atomic E-state index is 0.00716. The van der Waals surface area contributed by atoms with Gasteiger partial charge in [-0.15, -0.1) is 0 Å². The summed E-state index contributed by atoms with van der Waals surface area (Å²) in [5.74, 6) is -2.68. The van der Waals surface area contributed by atoms with Gasteiger partial charge in [-0.05, 0) is 80.3 Å². The Labute approximate surface area is 190 Å². The molecule has 3 rings (SSSR count). The van der Waals surface area contributed by atoms with Crippen molar-refractivity contribution in [1.29, 1.82) is 0 Å². The number of amides is 1. The third-order valence-electron chi connectivity index (χ3n) is 6.13. The zero-order valence-corrected chi connectivity index (χ0v) is 18.4. The number of aliphatic hydroxyl groups is 2. The molecule has 10 heteroatoms. The Morgan fingerprint density at radius 1 is 1.12 bits per heavy atom. The Hall–Kier alpha value is -2.43. The lowest BCUT2D eigenvalue weighted by molar-refractivity contribution is -0.192. The summed E-state index contributed by atoms with van der Waals surface area (Å²) in [6, 6.07) is 5.95. The number of carbonyl (C=O) groups excluding carboxylic acids is 1. The van der Waals surface area contributed by atoms with Crippen molar-refractivity contribution in [3.8, 4) is 0 Å². The summed E-state index contributed by atoms with van der Waals surface area (Å²) >= 11 is 0. The van der Waals surface area contributed by atoms with E-state index in [0.717, 1.165) is 50.8 Å². The number of hydrogen-bond donors (Lipinski definition) is 4. The molecule has 1 aliphatic carbocycles. The largest absolute Gasteiger partial charge is 0.490 e. The van der Waals surface area contributed by atoms with E-state index in [1.165, 1.54) is 17.6 Å². The lowest BCUT2D eigenvalue weighted by atomic mass is 9.84. The molecule has 1 aliphatic heterocycles. The van der Waals surface area contributed by atoms with Gasteiger partial charge in [0.05, 0.1) is 19.3 Å². The minimum atomic E-state index is -5.08. The molecule has 0 atom stereocenters. The average molecular weight is 473 g/mol. The molecule has 2 aliphatic rings. The molecule has 0 aromatic heterocycles. The lowest BCUT2D eigenvalue weighted by Gasteiger charge is -2.36. The van der Waals surface area contributed by atoms with E-state index < -0.39 is 12.1 Å². The Balaban J connectivity index is 0.000000479. The molecule has 0 spiro atoms. The molecule has 0 saturated carbocycles. The number of primary amides is 1. The second kappa shape index (κ2) is 12.2. The highest BCUT2D eigenvalue weighted by molar-refractivity contribution is 5.98. The number of aliphatic hydroxyl groups excluding tert-OH is 2. The third-order valence-corrected chi connectivity index (χ3v) is 6.13. The topological polar surface area (TPSA) is 124 Å². The van der Waals surface area contributed by atoms with Gasteiger partial charge in [0.1, 0.15) is 0 Å². The fourth-order valence-electron chi connectivity index (χ4n) is 4.27. The molecule has 1 saturated heterocycles. The fraction of sp³-hybridized carbons (Fsp3) is 0.565. The van der Waals surface area contributed by atoms with E-state index in [9.17, 15) is 28.2 Å². The highest BCUT2D eigenvalue weighted by Gasteiger charge is 2.38. The second-order valence-corrected chi connectivity index (χ2v) is 8.28. The maximum Gasteiger partial charge on any atom is 0.490 e. The summed E-state index contributed by atoms with van der Waals surface area (Å²) < 4.78 is 31.7. The van der Waals surface area contributed by atoms with Crippen molar-refractivity contribution in [2.75, 3.05) is 26.3 Å². The SMILES string of the molecule is NC(=O)c1ccc(C2CCN(C(CO)CO)CC2)cc1C1=CCCCC1.O=C(O)C(F)(F)F. The number of carbonyl (C=O) groups is 2. The van der Waals surface area contributed by atoms with Gasteiger partial charge in [-0.1, -0.05) is 18.2 Å². The number of aliphatic carboxylic acids is 1. The number of benzene rings is 1. The third kappa shape index (κ3) is 7.55. The van der Waals surface area contributed by atoms with Crippen LogP contribution in [0.4, 0.5) is 13.2 Å². The summed E-state index contributed by atoms with van der Waals surface area (Å²) in [4.78, 5) is 22.9. The Kier molecular flexibility index (Phi) is 9.87. The van der Waals surface area contributed by atoms with Crippen LogP contribution in [0.5, 0.6) is 0 Å². The molecule has 0 unspecified atom stereocenters. The molecule has 1 heterocycles. The van der Waals surface area contributed by atoms with Crippen molar-refractivity contribution in [2.24, 2.45) is 5.73 Å². The number of allylic oxidation sites excluding steroid dienone is 2. The number of hydrogen-bond acceptors (Lipinski definition) is 5. The molecule has 184 valence electrons. The highest BCUT2D eigenvalue weighted by atomic mass is 19.4. The van der Waals surface area contributed by atoms with Gasteiger partial charge >= 0.3 is 12.1 Å². The van der Waals surface area contributed by atoms with Crippen LogP contribution in [0.1, 0.15) is 65.9 Å². The van der Waals surface area contributed by atoms with Crippen LogP contribution in [-0.4, -0.2) is 70.6 Å². The van der Waals surface area contributed by atoms with Crippen molar-refractivity contribution >= 4 is 17.4 Å². The van der Waals surface area contributed by atoms with Crippen LogP contribution in [0.2, 0.25) is 0 Å². The van der Waals surface area contributed by atoms with E-state index >= 15 is 0 Å². The smallest absolute Gasteiger partial charge is 0.475 e. The predicted octanol–water partition coefficient (Wildman–Crippen LogP) is 2.91. The van der Waals surface area contributed by atoms with Crippen LogP contribution in [0.25, 0.3) is 5.57 Å². The van der Waals surface area contributed by atoms with Gasteiger partial charge < -0.3 is 21.1 Å². The molecule has 1 aromatic carbocycles. The standard InChI is InChI=1S/C21H30N2O3.C2HF3O2/c22-21(26)19-7-6-17(12-20(19)16-4-2-1-3-5-16)15-8-10-23(11-9-15)18(13-24)14-25;3-2(4,5)1(6)7/h4,6-7,12,15,18,24-25H,1-3,5,8-11,13-14H2,(H2,22,26);(H,6,7). The van der Waals surface area contributed by atoms with Gasteiger partial charge in [0.15, 0.2) is 0 Å². The van der Waals surface area contributed by atoms with E-state index in [0.29, 0.717) is 11.5 Å². The van der Waals surface area contributed by atoms with Crippen molar-refractivity contribution < 1.29 is 38.1 Å². The molecule has 33 heavy (non-hydrogen) atoms. The first kappa shape index (κ1) is 26.8. The van der Waals surface area contributed by atoms with Crippen molar-refractivity contribution in [3.05, 3.63) is 41.0 Å². The van der Waals surface area contributed by atoms with E-state index in [-0.39, 0.29) is 25.2 Å². The Morgan fingerprint density at radius 2 is 1.73 bits per heavy atom. The number of piperidine rings is 1. The van der Waals surface area contributed by atoms with Gasteiger partial charge in [0, 0.05) is 5.56 Å². The van der Waals surface area contributed by atoms with Crippen LogP contribution in [0.15, 0.2) is 24.3 Å². The zero-order chi connectivity index (χ0) is 24.6. The molecular weight excluding hydrogens is 441 g/mol. The number of halogens is 3. The molecule has 1 fully saturated rings. The summed E-state index contributed by atoms with van der Waals surface area (Å²) in [5, 5.41) is 25.9. The summed E-state index contributed by atoms with van der Waals surface area (Å²) in [7, 11) is 0. The monoisotopic (exact) mass is 472 g/mol. The number of nitrogens with zero attached hydrogens (tertiary/aromatic N) is 1. The number of carboxylic acid groups (broad SMARTS) is 1. The molecule has 7 nitrogen and oxygen atoms in total. The molecular formula is C23H31F3N2O5. The average Bonchev–Trinajstić information content (AvgIpc) is 2.80. The number of nitrogens with two attached hydrogens (primary N) is 1. The molecule has 1 aromatic rings. The quantitative estimate of drug-likeness (QED) is 0.505. The first-order valence-electron chi connectivity index (χ1n) is 11.0. The zero-order valence-electron chi connectivity index (χ0n) is 18.4. The van der Waals surface area contributed by atoms with Crippen LogP contribution < -0.4 is 5.73 Å². The summed E-state index contributed by atoms with van der Waals surface area (Å²) in [5.41, 5.74) is 9.77. The number of carboxylic acids is 1. The highest BCUT2D eigenvalue weighted by Crippen LogP contribution is 2.34. The van der Waals surface area contributed by atoms with Gasteiger partial charge in [-0.3, -0.25) is 9.69 Å². The normalized spacial score (nSPS) is 17.8. The number of likely N-dealkylation sites (tertiary alicyclic amines) is 1. The lowest BCUT2D eigenvalue weighted by Crippen LogP contribution is -2.44. The number of alkyl halides is 3. The molecule has 1 amide bonds. The maximum atomic E-state index is 11.9.